The van der Waals surface area contributed by atoms with E-state index in [0.29, 0.717) is 0 Å². The Kier molecular flexibility index (Phi) is 3.32. The van der Waals surface area contributed by atoms with Crippen molar-refractivity contribution in [3.8, 4) is 17.0 Å². The molecule has 108 valence electrons. The molecule has 22 heavy (non-hydrogen) atoms. The second-order valence-corrected chi connectivity index (χ2v) is 6.94. The smallest absolute Gasteiger partial charge is 0.142 e. The SMILES string of the molecule is Oc1ccc(-c2cc3c(Sc4cccs4)ncnc3[nH]2)cc1. The number of nitrogens with zero attached hydrogens (tertiary/aromatic N) is 2. The number of aromatic amines is 1. The van der Waals surface area contributed by atoms with Crippen molar-refractivity contribution < 1.29 is 5.11 Å². The number of nitrogens with one attached hydrogen (secondary N) is 1. The molecular weight excluding hydrogens is 314 g/mol. The summed E-state index contributed by atoms with van der Waals surface area (Å²) in [5.74, 6) is 0.258. The number of hydrogen-bond acceptors (Lipinski definition) is 5. The van der Waals surface area contributed by atoms with Crippen molar-refractivity contribution in [1.82, 2.24) is 15.0 Å². The summed E-state index contributed by atoms with van der Waals surface area (Å²) in [4.78, 5) is 12.0. The monoisotopic (exact) mass is 325 g/mol. The average Bonchev–Trinajstić information content (AvgIpc) is 3.17. The van der Waals surface area contributed by atoms with Gasteiger partial charge in [0.25, 0.3) is 0 Å². The maximum absolute atomic E-state index is 9.40. The van der Waals surface area contributed by atoms with Crippen LogP contribution in [-0.2, 0) is 0 Å². The van der Waals surface area contributed by atoms with Crippen molar-refractivity contribution in [2.24, 2.45) is 0 Å². The topological polar surface area (TPSA) is 61.8 Å². The number of H-pyrrole nitrogens is 1. The molecule has 0 saturated heterocycles. The molecular formula is C16H11N3OS2. The molecule has 1 aromatic carbocycles. The van der Waals surface area contributed by atoms with Gasteiger partial charge in [0, 0.05) is 5.69 Å². The molecule has 0 radical (unpaired) electrons. The second-order valence-electron chi connectivity index (χ2n) is 4.71. The lowest BCUT2D eigenvalue weighted by atomic mass is 10.1. The molecule has 2 N–H and O–H groups in total. The number of phenols is 1. The van der Waals surface area contributed by atoms with Crippen molar-refractivity contribution in [3.05, 3.63) is 54.2 Å². The molecule has 0 saturated carbocycles. The van der Waals surface area contributed by atoms with Gasteiger partial charge in [0.2, 0.25) is 0 Å². The molecule has 0 aliphatic heterocycles. The fourth-order valence-corrected chi connectivity index (χ4v) is 3.96. The Labute approximate surface area is 134 Å². The van der Waals surface area contributed by atoms with E-state index in [1.165, 1.54) is 4.21 Å². The van der Waals surface area contributed by atoms with Gasteiger partial charge in [0.1, 0.15) is 22.7 Å². The van der Waals surface area contributed by atoms with Gasteiger partial charge >= 0.3 is 0 Å². The Morgan fingerprint density at radius 3 is 2.73 bits per heavy atom. The third-order valence-corrected chi connectivity index (χ3v) is 5.32. The molecule has 0 aliphatic rings. The lowest BCUT2D eigenvalue weighted by Crippen LogP contribution is -1.83. The van der Waals surface area contributed by atoms with Gasteiger partial charge in [0.15, 0.2) is 0 Å². The van der Waals surface area contributed by atoms with Crippen LogP contribution in [0.15, 0.2) is 63.4 Å². The third kappa shape index (κ3) is 2.47. The zero-order valence-electron chi connectivity index (χ0n) is 11.4. The number of aromatic nitrogens is 3. The van der Waals surface area contributed by atoms with Gasteiger partial charge in [-0.3, -0.25) is 0 Å². The van der Waals surface area contributed by atoms with E-state index in [9.17, 15) is 5.11 Å². The highest BCUT2D eigenvalue weighted by Gasteiger charge is 2.11. The largest absolute Gasteiger partial charge is 0.508 e. The summed E-state index contributed by atoms with van der Waals surface area (Å²) >= 11 is 3.34. The minimum absolute atomic E-state index is 0.258. The van der Waals surface area contributed by atoms with Crippen LogP contribution in [0.3, 0.4) is 0 Å². The molecule has 6 heteroatoms. The molecule has 3 heterocycles. The summed E-state index contributed by atoms with van der Waals surface area (Å²) in [6.45, 7) is 0. The molecule has 4 rings (SSSR count). The molecule has 0 unspecified atom stereocenters. The highest BCUT2D eigenvalue weighted by molar-refractivity contribution is 8.01. The Balaban J connectivity index is 1.78. The van der Waals surface area contributed by atoms with Crippen molar-refractivity contribution in [2.45, 2.75) is 9.24 Å². The minimum atomic E-state index is 0.258. The van der Waals surface area contributed by atoms with Gasteiger partial charge < -0.3 is 10.1 Å². The average molecular weight is 325 g/mol. The van der Waals surface area contributed by atoms with Crippen LogP contribution < -0.4 is 0 Å². The summed E-state index contributed by atoms with van der Waals surface area (Å²) in [5, 5.41) is 13.4. The molecule has 0 spiro atoms. The lowest BCUT2D eigenvalue weighted by Gasteiger charge is -1.98. The second kappa shape index (κ2) is 5.47. The highest BCUT2D eigenvalue weighted by Crippen LogP contribution is 2.35. The van der Waals surface area contributed by atoms with Crippen LogP contribution in [0.25, 0.3) is 22.3 Å². The predicted octanol–water partition coefficient (Wildman–Crippen LogP) is 4.54. The maximum Gasteiger partial charge on any atom is 0.142 e. The van der Waals surface area contributed by atoms with Crippen LogP contribution in [0, 0.1) is 0 Å². The Morgan fingerprint density at radius 2 is 1.95 bits per heavy atom. The molecule has 4 nitrogen and oxygen atoms in total. The summed E-state index contributed by atoms with van der Waals surface area (Å²) in [7, 11) is 0. The fraction of sp³-hybridized carbons (Fsp3) is 0. The normalized spacial score (nSPS) is 11.1. The number of benzene rings is 1. The maximum atomic E-state index is 9.40. The van der Waals surface area contributed by atoms with Crippen LogP contribution in [0.4, 0.5) is 0 Å². The van der Waals surface area contributed by atoms with Crippen LogP contribution in [0.5, 0.6) is 5.75 Å². The minimum Gasteiger partial charge on any atom is -0.508 e. The first-order valence-electron chi connectivity index (χ1n) is 6.64. The zero-order valence-corrected chi connectivity index (χ0v) is 13.0. The van der Waals surface area contributed by atoms with E-state index < -0.39 is 0 Å². The number of fused-ring (bicyclic) bond motifs is 1. The van der Waals surface area contributed by atoms with Gasteiger partial charge in [-0.05, 0) is 47.3 Å². The van der Waals surface area contributed by atoms with Gasteiger partial charge in [-0.25, -0.2) is 9.97 Å². The van der Waals surface area contributed by atoms with Gasteiger partial charge in [0.05, 0.1) is 9.60 Å². The molecule has 0 atom stereocenters. The standard InChI is InChI=1S/C16H11N3OS2/c20-11-5-3-10(4-6-11)13-8-12-15(19-13)17-9-18-16(12)22-14-2-1-7-21-14/h1-9,20H,(H,17,18,19). The van der Waals surface area contributed by atoms with Crippen LogP contribution in [0.2, 0.25) is 0 Å². The van der Waals surface area contributed by atoms with Gasteiger partial charge in [-0.1, -0.05) is 17.8 Å². The summed E-state index contributed by atoms with van der Waals surface area (Å²) in [5.41, 5.74) is 2.78. The first kappa shape index (κ1) is 13.4. The first-order chi connectivity index (χ1) is 10.8. The molecule has 0 fully saturated rings. The van der Waals surface area contributed by atoms with Crippen LogP contribution in [0.1, 0.15) is 0 Å². The fourth-order valence-electron chi connectivity index (χ4n) is 2.21. The highest BCUT2D eigenvalue weighted by atomic mass is 32.2. The summed E-state index contributed by atoms with van der Waals surface area (Å²) in [6, 6.07) is 13.3. The zero-order chi connectivity index (χ0) is 14.9. The molecule has 0 amide bonds. The van der Waals surface area contributed by atoms with Crippen molar-refractivity contribution >= 4 is 34.1 Å². The number of thiophene rings is 1. The van der Waals surface area contributed by atoms with Gasteiger partial charge in [-0.15, -0.1) is 11.3 Å². The Bertz CT molecular complexity index is 914. The van der Waals surface area contributed by atoms with E-state index in [2.05, 4.69) is 32.5 Å². The molecule has 3 aromatic heterocycles. The van der Waals surface area contributed by atoms with Crippen LogP contribution >= 0.6 is 23.1 Å². The molecule has 0 aliphatic carbocycles. The Hall–Kier alpha value is -2.31. The van der Waals surface area contributed by atoms with E-state index in [4.69, 9.17) is 0 Å². The predicted molar refractivity (Wildman–Crippen MR) is 89.4 cm³/mol. The quantitative estimate of drug-likeness (QED) is 0.543. The van der Waals surface area contributed by atoms with E-state index in [1.807, 2.05) is 18.2 Å². The van der Waals surface area contributed by atoms with E-state index in [1.54, 1.807) is 41.6 Å². The first-order valence-corrected chi connectivity index (χ1v) is 8.34. The van der Waals surface area contributed by atoms with E-state index in [-0.39, 0.29) is 5.75 Å². The number of rotatable bonds is 3. The number of phenolic OH excluding ortho intramolecular Hbond substituents is 1. The Morgan fingerprint density at radius 1 is 1.09 bits per heavy atom. The van der Waals surface area contributed by atoms with Gasteiger partial charge in [-0.2, -0.15) is 0 Å². The third-order valence-electron chi connectivity index (χ3n) is 3.26. The van der Waals surface area contributed by atoms with Crippen molar-refractivity contribution in [1.29, 1.82) is 0 Å². The summed E-state index contributed by atoms with van der Waals surface area (Å²) in [6.07, 6.45) is 1.58. The van der Waals surface area contributed by atoms with Crippen molar-refractivity contribution in [2.75, 3.05) is 0 Å². The van der Waals surface area contributed by atoms with E-state index in [0.717, 1.165) is 27.3 Å². The van der Waals surface area contributed by atoms with Crippen molar-refractivity contribution in [3.63, 3.8) is 0 Å². The number of aromatic hydroxyl groups is 1. The number of hydrogen-bond donors (Lipinski definition) is 2. The lowest BCUT2D eigenvalue weighted by molar-refractivity contribution is 0.475. The summed E-state index contributed by atoms with van der Waals surface area (Å²) < 4.78 is 1.20. The van der Waals surface area contributed by atoms with Crippen LogP contribution in [-0.4, -0.2) is 20.1 Å². The molecule has 4 aromatic rings. The molecule has 0 bridgehead atoms. The van der Waals surface area contributed by atoms with E-state index >= 15 is 0 Å².